The van der Waals surface area contributed by atoms with Gasteiger partial charge in [0, 0.05) is 64.0 Å². The van der Waals surface area contributed by atoms with Gasteiger partial charge in [-0.15, -0.1) is 0 Å². The van der Waals surface area contributed by atoms with E-state index in [9.17, 15) is 28.0 Å². The number of aryl methyl sites for hydroxylation is 2. The summed E-state index contributed by atoms with van der Waals surface area (Å²) in [5, 5.41) is 33.5. The van der Waals surface area contributed by atoms with Crippen molar-refractivity contribution in [1.29, 1.82) is 0 Å². The predicted octanol–water partition coefficient (Wildman–Crippen LogP) is -1.49. The number of hydrogen-bond acceptors (Lipinski definition) is 14. The Hall–Kier alpha value is -7.86. The second-order valence-corrected chi connectivity index (χ2v) is 17.7. The lowest BCUT2D eigenvalue weighted by molar-refractivity contribution is -0.907. The molecular formula is C50H62F2N14O8. The number of nitrogens with zero attached hydrogens (tertiary/aromatic N) is 12. The van der Waals surface area contributed by atoms with Crippen LogP contribution in [0.15, 0.2) is 107 Å². The molecule has 2 N–H and O–H groups in total. The number of aliphatic carboxylic acids is 2. The van der Waals surface area contributed by atoms with E-state index in [1.807, 2.05) is 50.2 Å². The average Bonchev–Trinajstić information content (AvgIpc) is 3.98. The number of para-hydroxylation sites is 2. The lowest BCUT2D eigenvalue weighted by atomic mass is 9.81. The molecule has 2 aliphatic rings. The summed E-state index contributed by atoms with van der Waals surface area (Å²) in [6.07, 6.45) is 6.44. The maximum Gasteiger partial charge on any atom is 0.363 e. The van der Waals surface area contributed by atoms with Gasteiger partial charge in [-0.25, -0.2) is 18.4 Å². The Kier molecular flexibility index (Phi) is 19.2. The molecule has 8 rings (SSSR count). The van der Waals surface area contributed by atoms with E-state index >= 15 is 0 Å². The van der Waals surface area contributed by atoms with E-state index in [1.54, 1.807) is 72.4 Å². The van der Waals surface area contributed by atoms with Gasteiger partial charge in [-0.3, -0.25) is 29.4 Å². The van der Waals surface area contributed by atoms with E-state index in [4.69, 9.17) is 19.8 Å². The maximum absolute atomic E-state index is 15.0. The number of carbonyl (C=O) groups is 4. The van der Waals surface area contributed by atoms with Crippen molar-refractivity contribution in [1.82, 2.24) is 49.5 Å². The van der Waals surface area contributed by atoms with Gasteiger partial charge in [-0.1, -0.05) is 50.2 Å². The zero-order valence-corrected chi connectivity index (χ0v) is 41.9. The van der Waals surface area contributed by atoms with Gasteiger partial charge in [-0.05, 0) is 83.2 Å². The van der Waals surface area contributed by atoms with Crippen LogP contribution in [0.4, 0.5) is 20.2 Å². The Morgan fingerprint density at radius 2 is 0.878 bits per heavy atom. The average molecular weight is 1030 g/mol. The molecule has 22 nitrogen and oxygen atoms in total. The van der Waals surface area contributed by atoms with Crippen LogP contribution in [0.3, 0.4) is 0 Å². The maximum atomic E-state index is 15.0. The van der Waals surface area contributed by atoms with Crippen LogP contribution in [0.2, 0.25) is 0 Å². The largest absolute Gasteiger partial charge is 0.543 e. The zero-order valence-electron chi connectivity index (χ0n) is 41.9. The molecule has 0 spiro atoms. The Labute approximate surface area is 425 Å². The van der Waals surface area contributed by atoms with Crippen LogP contribution in [-0.4, -0.2) is 113 Å². The summed E-state index contributed by atoms with van der Waals surface area (Å²) >= 11 is 0. The number of carboxylic acids is 2. The van der Waals surface area contributed by atoms with Gasteiger partial charge >= 0.3 is 11.4 Å². The smallest absolute Gasteiger partial charge is 0.363 e. The van der Waals surface area contributed by atoms with E-state index in [-0.39, 0.29) is 47.4 Å². The summed E-state index contributed by atoms with van der Waals surface area (Å²) in [6, 6.07) is 24.2. The summed E-state index contributed by atoms with van der Waals surface area (Å²) in [7, 11) is 0. The normalized spacial score (nSPS) is 19.2. The van der Waals surface area contributed by atoms with E-state index < -0.39 is 34.7 Å². The van der Waals surface area contributed by atoms with Gasteiger partial charge in [0.05, 0.1) is 87.1 Å². The highest BCUT2D eigenvalue weighted by Gasteiger charge is 2.49. The number of quaternary nitrogens is 2. The van der Waals surface area contributed by atoms with Crippen molar-refractivity contribution in [3.8, 4) is 0 Å². The molecule has 0 bridgehead atoms. The second kappa shape index (κ2) is 25.7. The number of likely N-dealkylation sites (tertiary alicyclic amines) is 2. The number of pyridine rings is 2. The van der Waals surface area contributed by atoms with Crippen molar-refractivity contribution in [2.75, 3.05) is 49.1 Å². The molecule has 74 heavy (non-hydrogen) atoms. The van der Waals surface area contributed by atoms with E-state index in [0.29, 0.717) is 65.0 Å². The fraction of sp³-hybridized carbons (Fsp3) is 0.440. The van der Waals surface area contributed by atoms with Crippen LogP contribution >= 0.6 is 0 Å². The third kappa shape index (κ3) is 12.7. The summed E-state index contributed by atoms with van der Waals surface area (Å²) < 4.78 is 35.4. The molecule has 0 atom stereocenters. The van der Waals surface area contributed by atoms with Crippen LogP contribution in [0.1, 0.15) is 77.6 Å². The number of nitrogens with one attached hydrogen (secondary N) is 2. The van der Waals surface area contributed by atoms with Gasteiger partial charge in [0.2, 0.25) is 11.8 Å². The molecule has 2 amide bonds. The number of rotatable bonds is 16. The molecule has 2 saturated heterocycles. The number of piperidine rings is 2. The monoisotopic (exact) mass is 1020 g/mol. The number of aromatic nitrogens is 10. The molecule has 2 fully saturated rings. The summed E-state index contributed by atoms with van der Waals surface area (Å²) in [5.74, 6) is -5.49. The van der Waals surface area contributed by atoms with Gasteiger partial charge < -0.3 is 29.6 Å². The number of carbonyl (C=O) groups excluding carboxylic acids is 4. The standard InChI is InChI=1S/2C24H30FN7O2.C2H2O4/c2*1-3-22(33)32(20-10-6-5-9-19(20)25)24(21-11-7-8-14-26-21)12-15-29(16-13-24)17-18-31-23(34)30(4-2)27-28-31;3-1(4)2(5)6/h2*5-11,14H,3-4,12-13,15-18H2,1-2H3;(H,3,4)(H,5,6). The highest BCUT2D eigenvalue weighted by molar-refractivity contribution is 6.25. The first-order chi connectivity index (χ1) is 35.6. The van der Waals surface area contributed by atoms with Gasteiger partial charge in [0.1, 0.15) is 22.7 Å². The Morgan fingerprint density at radius 1 is 0.541 bits per heavy atom. The zero-order chi connectivity index (χ0) is 53.4. The highest BCUT2D eigenvalue weighted by atomic mass is 19.1. The Balaban J connectivity index is 0.000000217. The molecular weight excluding hydrogens is 963 g/mol. The van der Waals surface area contributed by atoms with E-state index in [2.05, 4.69) is 30.8 Å². The molecule has 2 aromatic carbocycles. The Morgan fingerprint density at radius 3 is 1.16 bits per heavy atom. The minimum Gasteiger partial charge on any atom is -0.543 e. The number of benzene rings is 2. The first-order valence-electron chi connectivity index (χ1n) is 24.7. The van der Waals surface area contributed by atoms with Crippen molar-refractivity contribution in [3.05, 3.63) is 141 Å². The minimum atomic E-state index is -2.19. The lowest BCUT2D eigenvalue weighted by Gasteiger charge is -2.47. The van der Waals surface area contributed by atoms with Crippen LogP contribution in [-0.2, 0) is 56.4 Å². The van der Waals surface area contributed by atoms with E-state index in [1.165, 1.54) is 40.7 Å². The summed E-state index contributed by atoms with van der Waals surface area (Å²) in [5.41, 5.74) is 0.187. The fourth-order valence-corrected chi connectivity index (χ4v) is 9.61. The molecule has 2 aliphatic heterocycles. The van der Waals surface area contributed by atoms with Crippen molar-refractivity contribution in [3.63, 3.8) is 0 Å². The van der Waals surface area contributed by atoms with Crippen molar-refractivity contribution in [2.45, 2.75) is 103 Å². The van der Waals surface area contributed by atoms with Gasteiger partial charge in [0.25, 0.3) is 0 Å². The SMILES string of the molecule is CCC(=O)N(c1ccccc1F)C1(c2ccccn2)CC[NH+](CCn2nnn(CC)c2=O)CC1.CCC(=O)N(c1ccccc1F)C1(c2ccccn2)CC[NH+](CCn2nnn(CC)c2=O)CC1.O=C([O-])C(=O)[O-]. The number of tetrazole rings is 2. The lowest BCUT2D eigenvalue weighted by Crippen LogP contribution is -3.14. The van der Waals surface area contributed by atoms with Crippen molar-refractivity contribution in [2.24, 2.45) is 0 Å². The van der Waals surface area contributed by atoms with Gasteiger partial charge in [0.15, 0.2) is 0 Å². The number of amides is 2. The molecule has 0 saturated carbocycles. The van der Waals surface area contributed by atoms with E-state index in [0.717, 1.165) is 37.6 Å². The fourth-order valence-electron chi connectivity index (χ4n) is 9.61. The molecule has 0 radical (unpaired) electrons. The van der Waals surface area contributed by atoms with Crippen LogP contribution in [0.5, 0.6) is 0 Å². The third-order valence-corrected chi connectivity index (χ3v) is 13.5. The predicted molar refractivity (Wildman–Crippen MR) is 260 cm³/mol. The minimum absolute atomic E-state index is 0.137. The molecule has 6 aromatic rings. The van der Waals surface area contributed by atoms with Gasteiger partial charge in [-0.2, -0.15) is 18.7 Å². The van der Waals surface area contributed by atoms with Crippen LogP contribution < -0.4 is 41.2 Å². The Bertz CT molecular complexity index is 2740. The summed E-state index contributed by atoms with van der Waals surface area (Å²) in [6.45, 7) is 13.6. The quantitative estimate of drug-likeness (QED) is 0.105. The number of anilines is 2. The molecule has 4 aromatic heterocycles. The van der Waals surface area contributed by atoms with Crippen molar-refractivity contribution >= 4 is 35.1 Å². The van der Waals surface area contributed by atoms with Crippen molar-refractivity contribution < 1.29 is 48.0 Å². The van der Waals surface area contributed by atoms with Crippen LogP contribution in [0.25, 0.3) is 0 Å². The molecule has 24 heteroatoms. The van der Waals surface area contributed by atoms with Crippen LogP contribution in [0, 0.1) is 11.6 Å². The highest BCUT2D eigenvalue weighted by Crippen LogP contribution is 2.41. The number of carboxylic acid groups (broad SMARTS) is 2. The topological polar surface area (TPSA) is 261 Å². The summed E-state index contributed by atoms with van der Waals surface area (Å²) in [4.78, 5) is 84.0. The molecule has 0 aliphatic carbocycles. The molecule has 394 valence electrons. The molecule has 6 heterocycles. The first-order valence-corrected chi connectivity index (χ1v) is 24.7. The number of halogens is 2. The number of hydrogen-bond donors (Lipinski definition) is 2. The third-order valence-electron chi connectivity index (χ3n) is 13.5. The molecule has 0 unspecified atom stereocenters. The second-order valence-electron chi connectivity index (χ2n) is 17.7. The first kappa shape index (κ1) is 55.5.